The van der Waals surface area contributed by atoms with Crippen LogP contribution < -0.4 is 10.6 Å². The molecular formula is C23H35N5. The fourth-order valence-electron chi connectivity index (χ4n) is 5.21. The number of rotatable bonds is 5. The Kier molecular flexibility index (Phi) is 5.90. The van der Waals surface area contributed by atoms with Gasteiger partial charge >= 0.3 is 0 Å². The van der Waals surface area contributed by atoms with Crippen LogP contribution >= 0.6 is 0 Å². The number of piperidine rings is 2. The van der Waals surface area contributed by atoms with Gasteiger partial charge in [0.2, 0.25) is 0 Å². The van der Waals surface area contributed by atoms with Crippen molar-refractivity contribution >= 4 is 16.9 Å². The third-order valence-electron chi connectivity index (χ3n) is 6.86. The molecule has 2 aromatic rings. The van der Waals surface area contributed by atoms with E-state index in [9.17, 15) is 0 Å². The van der Waals surface area contributed by atoms with Gasteiger partial charge in [0, 0.05) is 48.8 Å². The summed E-state index contributed by atoms with van der Waals surface area (Å²) in [7, 11) is 4.19. The average molecular weight is 382 g/mol. The Morgan fingerprint density at radius 1 is 1.21 bits per heavy atom. The van der Waals surface area contributed by atoms with Crippen molar-refractivity contribution in [1.29, 1.82) is 0 Å². The van der Waals surface area contributed by atoms with Crippen molar-refractivity contribution in [2.24, 2.45) is 4.99 Å². The van der Waals surface area contributed by atoms with Crippen LogP contribution in [0.3, 0.4) is 0 Å². The second kappa shape index (κ2) is 8.56. The van der Waals surface area contributed by atoms with Crippen LogP contribution in [-0.2, 0) is 12.8 Å². The molecule has 2 atom stereocenters. The lowest BCUT2D eigenvalue weighted by Crippen LogP contribution is -2.56. The molecule has 2 unspecified atom stereocenters. The van der Waals surface area contributed by atoms with Gasteiger partial charge in [-0.3, -0.25) is 4.99 Å². The number of guanidine groups is 1. The summed E-state index contributed by atoms with van der Waals surface area (Å²) in [5, 5.41) is 8.59. The summed E-state index contributed by atoms with van der Waals surface area (Å²) in [5.41, 5.74) is 4.06. The summed E-state index contributed by atoms with van der Waals surface area (Å²) in [6, 6.07) is 8.62. The smallest absolute Gasteiger partial charge is 0.191 e. The Balaban J connectivity index is 1.32. The topological polar surface area (TPSA) is 55.5 Å². The average Bonchev–Trinajstić information content (AvgIpc) is 3.11. The van der Waals surface area contributed by atoms with Gasteiger partial charge in [0.05, 0.1) is 0 Å². The van der Waals surface area contributed by atoms with Crippen molar-refractivity contribution < 1.29 is 0 Å². The third-order valence-corrected chi connectivity index (χ3v) is 6.86. The van der Waals surface area contributed by atoms with E-state index < -0.39 is 0 Å². The molecule has 5 nitrogen and oxygen atoms in total. The van der Waals surface area contributed by atoms with Crippen molar-refractivity contribution in [3.63, 3.8) is 0 Å². The van der Waals surface area contributed by atoms with Gasteiger partial charge in [0.25, 0.3) is 0 Å². The van der Waals surface area contributed by atoms with Gasteiger partial charge in [0.15, 0.2) is 5.96 Å². The SMILES string of the molecule is CCc1cccc2c(CCNC(=NC)NC3CC4CCCC(C3)N4C)c[nH]c12. The fourth-order valence-corrected chi connectivity index (χ4v) is 5.21. The predicted octanol–water partition coefficient (Wildman–Crippen LogP) is 3.45. The standard InChI is InChI=1S/C23H35N5/c1-4-16-7-5-10-21-17(15-26-22(16)21)11-12-25-23(24-2)27-18-13-19-8-6-9-20(14-18)28(19)3/h5,7,10,15,18-20,26H,4,6,8-9,11-14H2,1-3H3,(H2,24,25,27). The molecular weight excluding hydrogens is 346 g/mol. The highest BCUT2D eigenvalue weighted by atomic mass is 15.2. The molecule has 2 aliphatic heterocycles. The van der Waals surface area contributed by atoms with E-state index >= 15 is 0 Å². The number of hydrogen-bond donors (Lipinski definition) is 3. The zero-order chi connectivity index (χ0) is 19.5. The molecule has 3 N–H and O–H groups in total. The number of aromatic nitrogens is 1. The minimum Gasteiger partial charge on any atom is -0.361 e. The molecule has 5 heteroatoms. The molecule has 2 saturated heterocycles. The molecule has 2 aliphatic rings. The lowest BCUT2D eigenvalue weighted by Gasteiger charge is -2.47. The summed E-state index contributed by atoms with van der Waals surface area (Å²) in [6.07, 6.45) is 10.8. The minimum absolute atomic E-state index is 0.540. The first-order chi connectivity index (χ1) is 13.7. The molecule has 2 fully saturated rings. The quantitative estimate of drug-likeness (QED) is 0.549. The molecule has 28 heavy (non-hydrogen) atoms. The third kappa shape index (κ3) is 3.90. The van der Waals surface area contributed by atoms with Crippen LogP contribution in [0.5, 0.6) is 0 Å². The summed E-state index contributed by atoms with van der Waals surface area (Å²) < 4.78 is 0. The number of nitrogens with zero attached hydrogens (tertiary/aromatic N) is 2. The highest BCUT2D eigenvalue weighted by Crippen LogP contribution is 2.32. The number of hydrogen-bond acceptors (Lipinski definition) is 2. The van der Waals surface area contributed by atoms with E-state index in [-0.39, 0.29) is 0 Å². The van der Waals surface area contributed by atoms with E-state index in [1.54, 1.807) is 0 Å². The number of aromatic amines is 1. The zero-order valence-electron chi connectivity index (χ0n) is 17.6. The number of nitrogens with one attached hydrogen (secondary N) is 3. The Morgan fingerprint density at radius 3 is 2.71 bits per heavy atom. The van der Waals surface area contributed by atoms with E-state index in [1.807, 2.05) is 7.05 Å². The zero-order valence-corrected chi connectivity index (χ0v) is 17.6. The van der Waals surface area contributed by atoms with Crippen LogP contribution in [0, 0.1) is 0 Å². The van der Waals surface area contributed by atoms with Gasteiger partial charge in [-0.05, 0) is 56.7 Å². The molecule has 4 rings (SSSR count). The highest BCUT2D eigenvalue weighted by Gasteiger charge is 2.36. The van der Waals surface area contributed by atoms with Crippen LogP contribution in [0.2, 0.25) is 0 Å². The van der Waals surface area contributed by atoms with Crippen LogP contribution in [0.4, 0.5) is 0 Å². The Bertz CT molecular complexity index is 810. The molecule has 1 aromatic heterocycles. The number of H-pyrrole nitrogens is 1. The summed E-state index contributed by atoms with van der Waals surface area (Å²) in [5.74, 6) is 0.946. The van der Waals surface area contributed by atoms with E-state index in [2.05, 4.69) is 63.9 Å². The molecule has 0 spiro atoms. The van der Waals surface area contributed by atoms with Gasteiger partial charge in [-0.25, -0.2) is 0 Å². The molecule has 3 heterocycles. The van der Waals surface area contributed by atoms with Crippen molar-refractivity contribution in [2.45, 2.75) is 70.0 Å². The van der Waals surface area contributed by atoms with Crippen LogP contribution in [0.25, 0.3) is 10.9 Å². The molecule has 1 aromatic carbocycles. The lowest BCUT2D eigenvalue weighted by molar-refractivity contribution is 0.0526. The van der Waals surface area contributed by atoms with E-state index in [4.69, 9.17) is 0 Å². The van der Waals surface area contributed by atoms with E-state index in [0.29, 0.717) is 6.04 Å². The Labute approximate surface area is 169 Å². The van der Waals surface area contributed by atoms with E-state index in [0.717, 1.165) is 37.4 Å². The highest BCUT2D eigenvalue weighted by molar-refractivity contribution is 5.86. The van der Waals surface area contributed by atoms with Crippen LogP contribution in [0.15, 0.2) is 29.4 Å². The number of fused-ring (bicyclic) bond motifs is 3. The minimum atomic E-state index is 0.540. The van der Waals surface area contributed by atoms with Gasteiger partial charge in [-0.1, -0.05) is 31.5 Å². The van der Waals surface area contributed by atoms with Crippen molar-refractivity contribution in [3.05, 3.63) is 35.5 Å². The number of para-hydroxylation sites is 1. The Morgan fingerprint density at radius 2 is 2.00 bits per heavy atom. The van der Waals surface area contributed by atoms with Crippen LogP contribution in [0.1, 0.15) is 50.2 Å². The lowest BCUT2D eigenvalue weighted by atomic mass is 9.82. The molecule has 0 radical (unpaired) electrons. The van der Waals surface area contributed by atoms with Crippen molar-refractivity contribution in [2.75, 3.05) is 20.6 Å². The predicted molar refractivity (Wildman–Crippen MR) is 118 cm³/mol. The normalized spacial score (nSPS) is 25.8. The number of aliphatic imine (C=N–C) groups is 1. The summed E-state index contributed by atoms with van der Waals surface area (Å²) in [6.45, 7) is 3.10. The number of aryl methyl sites for hydroxylation is 1. The molecule has 0 saturated carbocycles. The van der Waals surface area contributed by atoms with E-state index in [1.165, 1.54) is 54.1 Å². The molecule has 0 amide bonds. The molecule has 2 bridgehead atoms. The first-order valence-corrected chi connectivity index (χ1v) is 11.0. The first-order valence-electron chi connectivity index (χ1n) is 11.0. The molecule has 152 valence electrons. The summed E-state index contributed by atoms with van der Waals surface area (Å²) >= 11 is 0. The van der Waals surface area contributed by atoms with Gasteiger partial charge in [0.1, 0.15) is 0 Å². The van der Waals surface area contributed by atoms with Crippen molar-refractivity contribution in [3.8, 4) is 0 Å². The maximum Gasteiger partial charge on any atom is 0.191 e. The maximum atomic E-state index is 4.48. The van der Waals surface area contributed by atoms with Gasteiger partial charge < -0.3 is 20.5 Å². The van der Waals surface area contributed by atoms with Gasteiger partial charge in [-0.2, -0.15) is 0 Å². The van der Waals surface area contributed by atoms with Crippen LogP contribution in [-0.4, -0.2) is 54.6 Å². The fraction of sp³-hybridized carbons (Fsp3) is 0.609. The number of benzene rings is 1. The van der Waals surface area contributed by atoms with Gasteiger partial charge in [-0.15, -0.1) is 0 Å². The maximum absolute atomic E-state index is 4.48. The van der Waals surface area contributed by atoms with Crippen molar-refractivity contribution in [1.82, 2.24) is 20.5 Å². The second-order valence-corrected chi connectivity index (χ2v) is 8.47. The first kappa shape index (κ1) is 19.3. The largest absolute Gasteiger partial charge is 0.361 e. The second-order valence-electron chi connectivity index (χ2n) is 8.47. The molecule has 0 aliphatic carbocycles. The Hall–Kier alpha value is -2.01. The monoisotopic (exact) mass is 381 g/mol. The summed E-state index contributed by atoms with van der Waals surface area (Å²) in [4.78, 5) is 10.6.